The Kier molecular flexibility index (Phi) is 2.75. The maximum absolute atomic E-state index is 10.9. The number of phenols is 1. The second-order valence-corrected chi connectivity index (χ2v) is 4.61. The molecule has 2 aromatic carbocycles. The molecule has 20 heavy (non-hydrogen) atoms. The van der Waals surface area contributed by atoms with Gasteiger partial charge in [0.15, 0.2) is 11.5 Å². The van der Waals surface area contributed by atoms with Gasteiger partial charge in [-0.2, -0.15) is 0 Å². The van der Waals surface area contributed by atoms with Crippen LogP contribution in [-0.2, 0) is 0 Å². The minimum Gasteiger partial charge on any atom is -0.504 e. The van der Waals surface area contributed by atoms with E-state index in [4.69, 9.17) is 14.6 Å². The number of benzene rings is 2. The molecule has 1 unspecified atom stereocenters. The van der Waals surface area contributed by atoms with Crippen LogP contribution in [0.5, 0.6) is 17.2 Å². The maximum Gasteiger partial charge on any atom is 0.335 e. The number of carbonyl (C=O) groups is 1. The Morgan fingerprint density at radius 2 is 1.85 bits per heavy atom. The Balaban J connectivity index is 1.94. The van der Waals surface area contributed by atoms with Crippen LogP contribution in [0, 0.1) is 6.92 Å². The molecule has 1 heterocycles. The van der Waals surface area contributed by atoms with Gasteiger partial charge in [0.25, 0.3) is 6.29 Å². The molecule has 102 valence electrons. The van der Waals surface area contributed by atoms with Crippen molar-refractivity contribution in [1.82, 2.24) is 0 Å². The molecule has 0 aromatic heterocycles. The quantitative estimate of drug-likeness (QED) is 0.879. The van der Waals surface area contributed by atoms with Crippen molar-refractivity contribution in [3.8, 4) is 17.2 Å². The second-order valence-electron chi connectivity index (χ2n) is 4.61. The average molecular weight is 272 g/mol. The fourth-order valence-corrected chi connectivity index (χ4v) is 2.02. The third-order valence-electron chi connectivity index (χ3n) is 3.09. The topological polar surface area (TPSA) is 76.0 Å². The highest BCUT2D eigenvalue weighted by atomic mass is 16.7. The molecular formula is C15H12O5. The molecular weight excluding hydrogens is 260 g/mol. The van der Waals surface area contributed by atoms with E-state index in [0.29, 0.717) is 0 Å². The maximum atomic E-state index is 10.9. The van der Waals surface area contributed by atoms with E-state index >= 15 is 0 Å². The van der Waals surface area contributed by atoms with E-state index in [9.17, 15) is 9.90 Å². The van der Waals surface area contributed by atoms with Crippen LogP contribution in [-0.4, -0.2) is 16.2 Å². The summed E-state index contributed by atoms with van der Waals surface area (Å²) in [5.74, 6) is -0.978. The van der Waals surface area contributed by atoms with Gasteiger partial charge in [0.2, 0.25) is 5.75 Å². The Bertz CT molecular complexity index is 675. The second kappa shape index (κ2) is 4.45. The zero-order valence-corrected chi connectivity index (χ0v) is 10.7. The van der Waals surface area contributed by atoms with Gasteiger partial charge < -0.3 is 19.7 Å². The van der Waals surface area contributed by atoms with E-state index in [0.717, 1.165) is 17.2 Å². The van der Waals surface area contributed by atoms with Gasteiger partial charge in [-0.25, -0.2) is 4.79 Å². The number of aryl methyl sites for hydroxylation is 1. The summed E-state index contributed by atoms with van der Waals surface area (Å²) in [7, 11) is 0. The number of fused-ring (bicyclic) bond motifs is 1. The number of carboxylic acid groups (broad SMARTS) is 1. The lowest BCUT2D eigenvalue weighted by Gasteiger charge is -2.10. The van der Waals surface area contributed by atoms with Gasteiger partial charge in [-0.15, -0.1) is 0 Å². The van der Waals surface area contributed by atoms with Crippen molar-refractivity contribution in [3.05, 3.63) is 53.1 Å². The van der Waals surface area contributed by atoms with Gasteiger partial charge in [0.05, 0.1) is 5.56 Å². The van der Waals surface area contributed by atoms with E-state index in [1.165, 1.54) is 6.07 Å². The molecule has 0 fully saturated rings. The van der Waals surface area contributed by atoms with Crippen LogP contribution in [0.25, 0.3) is 0 Å². The first-order valence-corrected chi connectivity index (χ1v) is 6.05. The monoisotopic (exact) mass is 272 g/mol. The first kappa shape index (κ1) is 12.3. The number of hydrogen-bond acceptors (Lipinski definition) is 4. The Morgan fingerprint density at radius 1 is 1.15 bits per heavy atom. The molecule has 5 heteroatoms. The molecule has 0 radical (unpaired) electrons. The molecule has 0 amide bonds. The zero-order valence-electron chi connectivity index (χ0n) is 10.7. The Morgan fingerprint density at radius 3 is 2.50 bits per heavy atom. The molecule has 0 bridgehead atoms. The van der Waals surface area contributed by atoms with Crippen molar-refractivity contribution in [3.63, 3.8) is 0 Å². The lowest BCUT2D eigenvalue weighted by Crippen LogP contribution is -2.07. The van der Waals surface area contributed by atoms with Crippen molar-refractivity contribution in [2.45, 2.75) is 13.2 Å². The molecule has 0 spiro atoms. The summed E-state index contributed by atoms with van der Waals surface area (Å²) < 4.78 is 11.1. The smallest absolute Gasteiger partial charge is 0.335 e. The van der Waals surface area contributed by atoms with Crippen LogP contribution >= 0.6 is 0 Å². The van der Waals surface area contributed by atoms with Gasteiger partial charge >= 0.3 is 5.97 Å². The SMILES string of the molecule is Cc1ccc(C2Oc3cc(C(=O)O)cc(O)c3O2)cc1. The molecule has 0 saturated heterocycles. The fraction of sp³-hybridized carbons (Fsp3) is 0.133. The summed E-state index contributed by atoms with van der Waals surface area (Å²) in [5.41, 5.74) is 1.86. The van der Waals surface area contributed by atoms with E-state index in [2.05, 4.69) is 0 Å². The molecule has 1 aliphatic heterocycles. The standard InChI is InChI=1S/C15H12O5/c1-8-2-4-9(5-3-8)15-19-12-7-10(14(17)18)6-11(16)13(12)20-15/h2-7,15-16H,1H3,(H,17,18). The number of carboxylic acids is 1. The van der Waals surface area contributed by atoms with Gasteiger partial charge in [-0.3, -0.25) is 0 Å². The predicted molar refractivity (Wildman–Crippen MR) is 70.2 cm³/mol. The number of phenolic OH excluding ortho intramolecular Hbond substituents is 1. The molecule has 1 aliphatic rings. The molecule has 5 nitrogen and oxygen atoms in total. The molecule has 2 aromatic rings. The lowest BCUT2D eigenvalue weighted by atomic mass is 10.1. The summed E-state index contributed by atoms with van der Waals surface area (Å²) in [4.78, 5) is 10.9. The summed E-state index contributed by atoms with van der Waals surface area (Å²) >= 11 is 0. The number of hydrogen-bond donors (Lipinski definition) is 2. The van der Waals surface area contributed by atoms with E-state index in [1.807, 2.05) is 31.2 Å². The molecule has 2 N–H and O–H groups in total. The van der Waals surface area contributed by atoms with Crippen molar-refractivity contribution < 1.29 is 24.5 Å². The van der Waals surface area contributed by atoms with Crippen LogP contribution in [0.2, 0.25) is 0 Å². The highest BCUT2D eigenvalue weighted by molar-refractivity contribution is 5.89. The number of ether oxygens (including phenoxy) is 2. The lowest BCUT2D eigenvalue weighted by molar-refractivity contribution is 0.0473. The molecule has 0 saturated carbocycles. The minimum absolute atomic E-state index is 0.0468. The largest absolute Gasteiger partial charge is 0.504 e. The van der Waals surface area contributed by atoms with Crippen LogP contribution in [0.15, 0.2) is 36.4 Å². The summed E-state index contributed by atoms with van der Waals surface area (Å²) in [6.45, 7) is 1.97. The van der Waals surface area contributed by atoms with Gasteiger partial charge in [0, 0.05) is 5.56 Å². The Labute approximate surface area is 115 Å². The number of rotatable bonds is 2. The normalized spacial score (nSPS) is 16.1. The molecule has 3 rings (SSSR count). The zero-order chi connectivity index (χ0) is 14.3. The summed E-state index contributed by atoms with van der Waals surface area (Å²) in [6.07, 6.45) is -0.680. The highest BCUT2D eigenvalue weighted by Crippen LogP contribution is 2.46. The molecule has 0 aliphatic carbocycles. The van der Waals surface area contributed by atoms with E-state index in [-0.39, 0.29) is 22.8 Å². The van der Waals surface area contributed by atoms with Crippen LogP contribution in [0.4, 0.5) is 0 Å². The van der Waals surface area contributed by atoms with Crippen LogP contribution < -0.4 is 9.47 Å². The van der Waals surface area contributed by atoms with Gasteiger partial charge in [-0.1, -0.05) is 29.8 Å². The minimum atomic E-state index is -1.13. The third kappa shape index (κ3) is 2.03. The third-order valence-corrected chi connectivity index (χ3v) is 3.09. The van der Waals surface area contributed by atoms with Gasteiger partial charge in [0.1, 0.15) is 0 Å². The van der Waals surface area contributed by atoms with Crippen molar-refractivity contribution >= 4 is 5.97 Å². The summed E-state index contributed by atoms with van der Waals surface area (Å²) in [6, 6.07) is 10.1. The van der Waals surface area contributed by atoms with Crippen LogP contribution in [0.3, 0.4) is 0 Å². The van der Waals surface area contributed by atoms with E-state index in [1.54, 1.807) is 0 Å². The first-order chi connectivity index (χ1) is 9.54. The van der Waals surface area contributed by atoms with Crippen LogP contribution in [0.1, 0.15) is 27.8 Å². The average Bonchev–Trinajstić information content (AvgIpc) is 2.84. The number of aromatic hydroxyl groups is 1. The van der Waals surface area contributed by atoms with Gasteiger partial charge in [-0.05, 0) is 19.1 Å². The van der Waals surface area contributed by atoms with Crippen molar-refractivity contribution in [1.29, 1.82) is 0 Å². The van der Waals surface area contributed by atoms with Crippen molar-refractivity contribution in [2.75, 3.05) is 0 Å². The van der Waals surface area contributed by atoms with Crippen molar-refractivity contribution in [2.24, 2.45) is 0 Å². The molecule has 1 atom stereocenters. The highest BCUT2D eigenvalue weighted by Gasteiger charge is 2.29. The Hall–Kier alpha value is -2.69. The first-order valence-electron chi connectivity index (χ1n) is 6.05. The predicted octanol–water partition coefficient (Wildman–Crippen LogP) is 2.87. The van der Waals surface area contributed by atoms with E-state index < -0.39 is 12.3 Å². The number of aromatic carboxylic acids is 1. The fourth-order valence-electron chi connectivity index (χ4n) is 2.02. The summed E-state index contributed by atoms with van der Waals surface area (Å²) in [5, 5.41) is 18.7.